The molecule has 0 amide bonds. The van der Waals surface area contributed by atoms with Gasteiger partial charge in [0, 0.05) is 13.0 Å². The molecule has 10 heavy (non-hydrogen) atoms. The van der Waals surface area contributed by atoms with E-state index < -0.39 is 12.0 Å². The van der Waals surface area contributed by atoms with Crippen molar-refractivity contribution in [2.45, 2.75) is 18.6 Å². The lowest BCUT2D eigenvalue weighted by atomic mass is 10.2. The molecule has 5 heteroatoms. The van der Waals surface area contributed by atoms with Crippen LogP contribution in [0.25, 0.3) is 0 Å². The van der Waals surface area contributed by atoms with Crippen LogP contribution in [0, 0.1) is 0 Å². The Labute approximate surface area is 57.5 Å². The molecule has 0 saturated carbocycles. The Kier molecular flexibility index (Phi) is 2.21. The summed E-state index contributed by atoms with van der Waals surface area (Å²) in [7, 11) is 0. The summed E-state index contributed by atoms with van der Waals surface area (Å²) in [5.74, 6) is -0.903. The second-order valence-electron chi connectivity index (χ2n) is 2.26. The Morgan fingerprint density at radius 1 is 1.70 bits per heavy atom. The van der Waals surface area contributed by atoms with Crippen molar-refractivity contribution in [3.05, 3.63) is 0 Å². The molecule has 1 unspecified atom stereocenters. The third-order valence-electron chi connectivity index (χ3n) is 1.54. The standard InChI is InChI=1S/C5H9NO4/c7-5(8)4-1-3(10-9)2-6-4/h3-4,6,9H,1-2H2,(H,7,8)/t3?,4-/m0/s1. The van der Waals surface area contributed by atoms with Crippen LogP contribution in [0.2, 0.25) is 0 Å². The molecule has 0 spiro atoms. The van der Waals surface area contributed by atoms with Gasteiger partial charge in [-0.1, -0.05) is 0 Å². The van der Waals surface area contributed by atoms with Crippen LogP contribution in [0.4, 0.5) is 0 Å². The molecule has 0 aliphatic carbocycles. The van der Waals surface area contributed by atoms with Crippen molar-refractivity contribution in [3.63, 3.8) is 0 Å². The SMILES string of the molecule is O=C(O)[C@@H]1CC(OO)CN1. The lowest BCUT2D eigenvalue weighted by Gasteiger charge is -2.01. The van der Waals surface area contributed by atoms with Gasteiger partial charge in [-0.2, -0.15) is 0 Å². The van der Waals surface area contributed by atoms with Crippen molar-refractivity contribution in [2.75, 3.05) is 6.54 Å². The number of carboxylic acid groups (broad SMARTS) is 1. The Hall–Kier alpha value is -0.650. The first-order valence-electron chi connectivity index (χ1n) is 3.00. The Bertz CT molecular complexity index is 138. The largest absolute Gasteiger partial charge is 0.480 e. The summed E-state index contributed by atoms with van der Waals surface area (Å²) in [6, 6.07) is -0.572. The van der Waals surface area contributed by atoms with E-state index >= 15 is 0 Å². The first kappa shape index (κ1) is 7.46. The molecule has 3 N–H and O–H groups in total. The first-order valence-corrected chi connectivity index (χ1v) is 3.00. The van der Waals surface area contributed by atoms with E-state index in [4.69, 9.17) is 10.4 Å². The zero-order valence-corrected chi connectivity index (χ0v) is 5.28. The van der Waals surface area contributed by atoms with Gasteiger partial charge in [-0.15, -0.1) is 0 Å². The average Bonchev–Trinajstić information content (AvgIpc) is 2.34. The lowest BCUT2D eigenvalue weighted by molar-refractivity contribution is -0.273. The van der Waals surface area contributed by atoms with Crippen LogP contribution >= 0.6 is 0 Å². The number of carboxylic acids is 1. The zero-order chi connectivity index (χ0) is 7.56. The van der Waals surface area contributed by atoms with Gasteiger partial charge in [-0.25, -0.2) is 4.89 Å². The highest BCUT2D eigenvalue weighted by atomic mass is 17.1. The van der Waals surface area contributed by atoms with Crippen LogP contribution in [0.15, 0.2) is 0 Å². The molecule has 1 aliphatic heterocycles. The number of carbonyl (C=O) groups is 1. The molecule has 0 aromatic rings. The number of nitrogens with one attached hydrogen (secondary N) is 1. The van der Waals surface area contributed by atoms with Gasteiger partial charge in [-0.3, -0.25) is 10.1 Å². The van der Waals surface area contributed by atoms with Crippen LogP contribution < -0.4 is 5.32 Å². The van der Waals surface area contributed by atoms with Crippen molar-refractivity contribution in [1.29, 1.82) is 0 Å². The van der Waals surface area contributed by atoms with Gasteiger partial charge in [-0.05, 0) is 0 Å². The molecule has 1 aliphatic rings. The Balaban J connectivity index is 2.35. The second-order valence-corrected chi connectivity index (χ2v) is 2.26. The van der Waals surface area contributed by atoms with Crippen LogP contribution in [-0.2, 0) is 9.68 Å². The summed E-state index contributed by atoms with van der Waals surface area (Å²) >= 11 is 0. The van der Waals surface area contributed by atoms with E-state index in [2.05, 4.69) is 10.2 Å². The molecule has 1 fully saturated rings. The van der Waals surface area contributed by atoms with Gasteiger partial charge < -0.3 is 10.4 Å². The van der Waals surface area contributed by atoms with Gasteiger partial charge in [0.15, 0.2) is 0 Å². The zero-order valence-electron chi connectivity index (χ0n) is 5.28. The predicted octanol–water partition coefficient (Wildman–Crippen LogP) is -0.709. The summed E-state index contributed by atoms with van der Waals surface area (Å²) in [6.45, 7) is 0.396. The molecule has 1 heterocycles. The fourth-order valence-corrected chi connectivity index (χ4v) is 0.972. The molecule has 0 aromatic carbocycles. The highest BCUT2D eigenvalue weighted by Crippen LogP contribution is 2.08. The molecule has 58 valence electrons. The number of aliphatic carboxylic acids is 1. The topological polar surface area (TPSA) is 78.8 Å². The quantitative estimate of drug-likeness (QED) is 0.355. The van der Waals surface area contributed by atoms with E-state index in [1.54, 1.807) is 0 Å². The van der Waals surface area contributed by atoms with E-state index in [0.29, 0.717) is 13.0 Å². The predicted molar refractivity (Wildman–Crippen MR) is 31.5 cm³/mol. The van der Waals surface area contributed by atoms with Crippen LogP contribution in [0.3, 0.4) is 0 Å². The minimum absolute atomic E-state index is 0.325. The van der Waals surface area contributed by atoms with Crippen molar-refractivity contribution < 1.29 is 20.0 Å². The van der Waals surface area contributed by atoms with E-state index in [0.717, 1.165) is 0 Å². The van der Waals surface area contributed by atoms with E-state index in [1.165, 1.54) is 0 Å². The maximum absolute atomic E-state index is 10.3. The molecular formula is C5H9NO4. The van der Waals surface area contributed by atoms with Crippen molar-refractivity contribution in [2.24, 2.45) is 0 Å². The number of hydrogen-bond donors (Lipinski definition) is 3. The molecule has 0 bridgehead atoms. The normalized spacial score (nSPS) is 32.5. The summed E-state index contributed by atoms with van der Waals surface area (Å²) in [4.78, 5) is 14.2. The highest BCUT2D eigenvalue weighted by molar-refractivity contribution is 5.73. The first-order chi connectivity index (χ1) is 4.74. The maximum Gasteiger partial charge on any atom is 0.320 e. The molecule has 0 aromatic heterocycles. The molecule has 0 radical (unpaired) electrons. The monoisotopic (exact) mass is 147 g/mol. The average molecular weight is 147 g/mol. The number of rotatable bonds is 2. The van der Waals surface area contributed by atoms with Gasteiger partial charge >= 0.3 is 5.97 Å². The summed E-state index contributed by atoms with van der Waals surface area (Å²) in [6.07, 6.45) is -0.0488. The van der Waals surface area contributed by atoms with Crippen molar-refractivity contribution in [1.82, 2.24) is 5.32 Å². The van der Waals surface area contributed by atoms with E-state index in [1.807, 2.05) is 0 Å². The van der Waals surface area contributed by atoms with E-state index in [-0.39, 0.29) is 6.10 Å². The molecule has 2 atom stereocenters. The molecule has 5 nitrogen and oxygen atoms in total. The van der Waals surface area contributed by atoms with Gasteiger partial charge in [0.1, 0.15) is 12.1 Å². The van der Waals surface area contributed by atoms with Gasteiger partial charge in [0.2, 0.25) is 0 Å². The van der Waals surface area contributed by atoms with Crippen molar-refractivity contribution >= 4 is 5.97 Å². The highest BCUT2D eigenvalue weighted by Gasteiger charge is 2.29. The van der Waals surface area contributed by atoms with Crippen LogP contribution in [0.5, 0.6) is 0 Å². The lowest BCUT2D eigenvalue weighted by Crippen LogP contribution is -2.29. The third-order valence-corrected chi connectivity index (χ3v) is 1.54. The van der Waals surface area contributed by atoms with Crippen LogP contribution in [0.1, 0.15) is 6.42 Å². The fourth-order valence-electron chi connectivity index (χ4n) is 0.972. The molecule has 1 saturated heterocycles. The molecule has 1 rings (SSSR count). The molecular weight excluding hydrogens is 138 g/mol. The smallest absolute Gasteiger partial charge is 0.320 e. The van der Waals surface area contributed by atoms with Crippen LogP contribution in [-0.4, -0.2) is 35.0 Å². The minimum atomic E-state index is -0.903. The van der Waals surface area contributed by atoms with Crippen molar-refractivity contribution in [3.8, 4) is 0 Å². The third kappa shape index (κ3) is 1.44. The summed E-state index contributed by atoms with van der Waals surface area (Å²) in [5, 5.41) is 19.2. The second kappa shape index (κ2) is 2.96. The Morgan fingerprint density at radius 2 is 2.40 bits per heavy atom. The van der Waals surface area contributed by atoms with E-state index in [9.17, 15) is 4.79 Å². The minimum Gasteiger partial charge on any atom is -0.480 e. The summed E-state index contributed by atoms with van der Waals surface area (Å²) < 4.78 is 0. The Morgan fingerprint density at radius 3 is 2.70 bits per heavy atom. The summed E-state index contributed by atoms with van der Waals surface area (Å²) in [5.41, 5.74) is 0. The fraction of sp³-hybridized carbons (Fsp3) is 0.800. The van der Waals surface area contributed by atoms with Gasteiger partial charge in [0.25, 0.3) is 0 Å². The maximum atomic E-state index is 10.3. The van der Waals surface area contributed by atoms with Gasteiger partial charge in [0.05, 0.1) is 0 Å². The number of hydrogen-bond acceptors (Lipinski definition) is 4.